The second kappa shape index (κ2) is 8.20. The van der Waals surface area contributed by atoms with Crippen molar-refractivity contribution in [2.45, 2.75) is 34.1 Å². The third-order valence-corrected chi connectivity index (χ3v) is 4.26. The van der Waals surface area contributed by atoms with Crippen LogP contribution in [0.5, 0.6) is 5.75 Å². The lowest BCUT2D eigenvalue weighted by Crippen LogP contribution is -2.06. The molecule has 0 aliphatic heterocycles. The minimum atomic E-state index is -0.412. The molecule has 3 aromatic rings. The van der Waals surface area contributed by atoms with Crippen molar-refractivity contribution in [3.63, 3.8) is 0 Å². The summed E-state index contributed by atoms with van der Waals surface area (Å²) in [7, 11) is 0. The largest absolute Gasteiger partial charge is 0.494 e. The molecular weight excluding hydrogens is 342 g/mol. The van der Waals surface area contributed by atoms with E-state index in [0.717, 1.165) is 29.1 Å². The van der Waals surface area contributed by atoms with E-state index in [0.29, 0.717) is 30.3 Å². The number of carbonyl (C=O) groups excluding carboxylic acids is 1. The van der Waals surface area contributed by atoms with Gasteiger partial charge in [-0.1, -0.05) is 13.8 Å². The fourth-order valence-corrected chi connectivity index (χ4v) is 2.75. The summed E-state index contributed by atoms with van der Waals surface area (Å²) in [5.74, 6) is 1.05. The predicted molar refractivity (Wildman–Crippen MR) is 104 cm³/mol. The Morgan fingerprint density at radius 3 is 2.63 bits per heavy atom. The number of carbonyl (C=O) groups is 1. The van der Waals surface area contributed by atoms with Gasteiger partial charge < -0.3 is 9.47 Å². The van der Waals surface area contributed by atoms with Gasteiger partial charge >= 0.3 is 5.97 Å². The molecule has 0 bridgehead atoms. The normalized spacial score (nSPS) is 11.1. The molecule has 27 heavy (non-hydrogen) atoms. The standard InChI is InChI=1S/C21H25N3O3/c1-5-26-21(25)18-13-22-24-15(4)12-19(23-20(18)24)16-6-8-17(9-7-16)27-11-10-14(2)3/h6-9,12-14H,5,10-11H2,1-4H3. The molecule has 0 radical (unpaired) electrons. The maximum Gasteiger partial charge on any atom is 0.343 e. The van der Waals surface area contributed by atoms with E-state index >= 15 is 0 Å². The van der Waals surface area contributed by atoms with Gasteiger partial charge in [0, 0.05) is 11.3 Å². The number of fused-ring (bicyclic) bond motifs is 1. The monoisotopic (exact) mass is 367 g/mol. The van der Waals surface area contributed by atoms with Gasteiger partial charge in [-0.25, -0.2) is 14.3 Å². The summed E-state index contributed by atoms with van der Waals surface area (Å²) >= 11 is 0. The molecule has 2 aromatic heterocycles. The Labute approximate surface area is 159 Å². The van der Waals surface area contributed by atoms with Crippen LogP contribution in [0, 0.1) is 12.8 Å². The fourth-order valence-electron chi connectivity index (χ4n) is 2.75. The number of nitrogens with zero attached hydrogens (tertiary/aromatic N) is 3. The van der Waals surface area contributed by atoms with Crippen LogP contribution in [0.15, 0.2) is 36.5 Å². The van der Waals surface area contributed by atoms with E-state index in [1.54, 1.807) is 11.4 Å². The Hall–Kier alpha value is -2.89. The second-order valence-corrected chi connectivity index (χ2v) is 6.85. The van der Waals surface area contributed by atoms with E-state index in [-0.39, 0.29) is 0 Å². The van der Waals surface area contributed by atoms with Gasteiger partial charge in [-0.2, -0.15) is 5.10 Å². The molecule has 6 nitrogen and oxygen atoms in total. The van der Waals surface area contributed by atoms with Crippen molar-refractivity contribution in [2.24, 2.45) is 5.92 Å². The predicted octanol–water partition coefficient (Wildman–Crippen LogP) is 4.31. The summed E-state index contributed by atoms with van der Waals surface area (Å²) < 4.78 is 12.5. The Balaban J connectivity index is 1.88. The third kappa shape index (κ3) is 4.27. The zero-order chi connectivity index (χ0) is 19.4. The third-order valence-electron chi connectivity index (χ3n) is 4.26. The number of aromatic nitrogens is 3. The van der Waals surface area contributed by atoms with E-state index in [1.165, 1.54) is 6.20 Å². The van der Waals surface area contributed by atoms with Crippen LogP contribution in [0.25, 0.3) is 16.9 Å². The van der Waals surface area contributed by atoms with Crippen molar-refractivity contribution in [3.05, 3.63) is 47.8 Å². The van der Waals surface area contributed by atoms with Crippen LogP contribution in [0.4, 0.5) is 0 Å². The summed E-state index contributed by atoms with van der Waals surface area (Å²) in [5.41, 5.74) is 3.49. The minimum Gasteiger partial charge on any atom is -0.494 e. The first-order valence-electron chi connectivity index (χ1n) is 9.25. The highest BCUT2D eigenvalue weighted by molar-refractivity contribution is 5.95. The number of esters is 1. The average molecular weight is 367 g/mol. The molecule has 142 valence electrons. The molecule has 0 saturated carbocycles. The minimum absolute atomic E-state index is 0.313. The fraction of sp³-hybridized carbons (Fsp3) is 0.381. The van der Waals surface area contributed by atoms with Crippen molar-refractivity contribution < 1.29 is 14.3 Å². The summed E-state index contributed by atoms with van der Waals surface area (Å²) in [4.78, 5) is 16.8. The SMILES string of the molecule is CCOC(=O)c1cnn2c(C)cc(-c3ccc(OCCC(C)C)cc3)nc12. The first-order chi connectivity index (χ1) is 13.0. The molecule has 0 fully saturated rings. The van der Waals surface area contributed by atoms with Crippen LogP contribution in [0.3, 0.4) is 0 Å². The molecule has 0 atom stereocenters. The average Bonchev–Trinajstić information content (AvgIpc) is 3.07. The highest BCUT2D eigenvalue weighted by Crippen LogP contribution is 2.24. The van der Waals surface area contributed by atoms with Crippen LogP contribution < -0.4 is 4.74 Å². The van der Waals surface area contributed by atoms with E-state index in [4.69, 9.17) is 9.47 Å². The van der Waals surface area contributed by atoms with E-state index in [1.807, 2.05) is 37.3 Å². The van der Waals surface area contributed by atoms with Gasteiger partial charge in [0.1, 0.15) is 11.3 Å². The number of ether oxygens (including phenoxy) is 2. The highest BCUT2D eigenvalue weighted by Gasteiger charge is 2.17. The lowest BCUT2D eigenvalue weighted by molar-refractivity contribution is 0.0528. The number of hydrogen-bond donors (Lipinski definition) is 0. The van der Waals surface area contributed by atoms with Crippen LogP contribution in [-0.2, 0) is 4.74 Å². The number of rotatable bonds is 7. The summed E-state index contributed by atoms with van der Waals surface area (Å²) in [6.45, 7) is 9.09. The maximum absolute atomic E-state index is 12.1. The first kappa shape index (κ1) is 18.9. The van der Waals surface area contributed by atoms with Gasteiger partial charge in [-0.05, 0) is 56.5 Å². The molecule has 2 heterocycles. The number of aryl methyl sites for hydroxylation is 1. The first-order valence-corrected chi connectivity index (χ1v) is 9.25. The molecule has 0 amide bonds. The van der Waals surface area contributed by atoms with Gasteiger partial charge in [0.15, 0.2) is 5.65 Å². The molecule has 0 aliphatic rings. The molecule has 0 saturated heterocycles. The maximum atomic E-state index is 12.1. The zero-order valence-electron chi connectivity index (χ0n) is 16.2. The summed E-state index contributed by atoms with van der Waals surface area (Å²) in [6, 6.07) is 9.79. The van der Waals surface area contributed by atoms with E-state index in [9.17, 15) is 4.79 Å². The summed E-state index contributed by atoms with van der Waals surface area (Å²) in [5, 5.41) is 4.25. The molecule has 6 heteroatoms. The zero-order valence-corrected chi connectivity index (χ0v) is 16.2. The van der Waals surface area contributed by atoms with Gasteiger partial charge in [0.2, 0.25) is 0 Å². The van der Waals surface area contributed by atoms with Crippen molar-refractivity contribution in [3.8, 4) is 17.0 Å². The van der Waals surface area contributed by atoms with E-state index < -0.39 is 5.97 Å². The van der Waals surface area contributed by atoms with Gasteiger partial charge in [-0.3, -0.25) is 0 Å². The number of benzene rings is 1. The van der Waals surface area contributed by atoms with Gasteiger partial charge in [0.25, 0.3) is 0 Å². The van der Waals surface area contributed by atoms with Crippen LogP contribution >= 0.6 is 0 Å². The van der Waals surface area contributed by atoms with Crippen LogP contribution in [0.1, 0.15) is 43.2 Å². The Morgan fingerprint density at radius 1 is 1.22 bits per heavy atom. The molecule has 0 aliphatic carbocycles. The smallest absolute Gasteiger partial charge is 0.343 e. The van der Waals surface area contributed by atoms with Gasteiger partial charge in [0.05, 0.1) is 25.1 Å². The van der Waals surface area contributed by atoms with Crippen molar-refractivity contribution in [1.29, 1.82) is 0 Å². The molecular formula is C21H25N3O3. The van der Waals surface area contributed by atoms with Gasteiger partial charge in [-0.15, -0.1) is 0 Å². The van der Waals surface area contributed by atoms with Crippen LogP contribution in [0.2, 0.25) is 0 Å². The lowest BCUT2D eigenvalue weighted by Gasteiger charge is -2.09. The molecule has 0 spiro atoms. The van der Waals surface area contributed by atoms with Crippen molar-refractivity contribution in [2.75, 3.05) is 13.2 Å². The topological polar surface area (TPSA) is 65.7 Å². The van der Waals surface area contributed by atoms with Crippen molar-refractivity contribution in [1.82, 2.24) is 14.6 Å². The second-order valence-electron chi connectivity index (χ2n) is 6.85. The molecule has 0 unspecified atom stereocenters. The lowest BCUT2D eigenvalue weighted by atomic mass is 10.1. The quantitative estimate of drug-likeness (QED) is 0.582. The molecule has 3 rings (SSSR count). The Morgan fingerprint density at radius 2 is 1.96 bits per heavy atom. The molecule has 0 N–H and O–H groups in total. The van der Waals surface area contributed by atoms with Crippen LogP contribution in [-0.4, -0.2) is 33.8 Å². The van der Waals surface area contributed by atoms with Crippen molar-refractivity contribution >= 4 is 11.6 Å². The van der Waals surface area contributed by atoms with E-state index in [2.05, 4.69) is 23.9 Å². The number of hydrogen-bond acceptors (Lipinski definition) is 5. The molecule has 1 aromatic carbocycles. The Bertz CT molecular complexity index is 930. The summed E-state index contributed by atoms with van der Waals surface area (Å²) in [6.07, 6.45) is 2.53. The Kier molecular flexibility index (Phi) is 5.74. The highest BCUT2D eigenvalue weighted by atomic mass is 16.5.